The first-order chi connectivity index (χ1) is 9.75. The second kappa shape index (κ2) is 5.28. The van der Waals surface area contributed by atoms with Crippen molar-refractivity contribution in [1.29, 1.82) is 0 Å². The van der Waals surface area contributed by atoms with Crippen LogP contribution in [-0.2, 0) is 4.79 Å². The highest BCUT2D eigenvalue weighted by atomic mass is 35.5. The summed E-state index contributed by atoms with van der Waals surface area (Å²) in [6.07, 6.45) is 0.979. The Hall–Kier alpha value is -2.22. The fourth-order valence-corrected chi connectivity index (χ4v) is 2.27. The summed E-state index contributed by atoms with van der Waals surface area (Å²) < 4.78 is 0. The topological polar surface area (TPSA) is 105 Å². The van der Waals surface area contributed by atoms with E-state index in [0.717, 1.165) is 12.3 Å². The third kappa shape index (κ3) is 2.66. The summed E-state index contributed by atoms with van der Waals surface area (Å²) >= 11 is 5.86. The average Bonchev–Trinajstić information content (AvgIpc) is 2.41. The van der Waals surface area contributed by atoms with Crippen LogP contribution in [0.4, 0.5) is 5.69 Å². The number of amides is 2. The summed E-state index contributed by atoms with van der Waals surface area (Å²) in [5, 5.41) is 13.3. The Morgan fingerprint density at radius 2 is 2.24 bits per heavy atom. The summed E-state index contributed by atoms with van der Waals surface area (Å²) in [6.45, 7) is 3.79. The Bertz CT molecular complexity index is 632. The molecule has 0 radical (unpaired) electrons. The molecule has 0 aliphatic carbocycles. The van der Waals surface area contributed by atoms with Gasteiger partial charge in [-0.15, -0.1) is 0 Å². The molecular weight excluding hydrogens is 300 g/mol. The molecule has 2 amide bonds. The lowest BCUT2D eigenvalue weighted by atomic mass is 9.98. The van der Waals surface area contributed by atoms with Crippen molar-refractivity contribution in [3.63, 3.8) is 0 Å². The van der Waals surface area contributed by atoms with Gasteiger partial charge < -0.3 is 10.2 Å². The number of aromatic nitrogens is 1. The molecule has 9 heteroatoms. The molecule has 0 unspecified atom stereocenters. The number of nitrogens with one attached hydrogen (secondary N) is 1. The fourth-order valence-electron chi connectivity index (χ4n) is 2.09. The van der Waals surface area contributed by atoms with Gasteiger partial charge in [0.15, 0.2) is 0 Å². The molecule has 0 saturated carbocycles. The second-order valence-electron chi connectivity index (χ2n) is 5.06. The van der Waals surface area contributed by atoms with E-state index in [1.54, 1.807) is 13.8 Å². The van der Waals surface area contributed by atoms with Crippen LogP contribution in [0.3, 0.4) is 0 Å². The van der Waals surface area contributed by atoms with Crippen molar-refractivity contribution >= 4 is 29.1 Å². The minimum absolute atomic E-state index is 0.0892. The van der Waals surface area contributed by atoms with Gasteiger partial charge >= 0.3 is 0 Å². The normalized spacial score (nSPS) is 17.3. The number of carbonyl (C=O) groups excluding carboxylic acids is 2. The lowest BCUT2D eigenvalue weighted by molar-refractivity contribution is -0.385. The Labute approximate surface area is 125 Å². The number of nitro groups is 1. The molecular formula is C12H13ClN4O4. The van der Waals surface area contributed by atoms with Crippen molar-refractivity contribution in [2.45, 2.75) is 19.4 Å². The largest absolute Gasteiger partial charge is 0.352 e. The third-order valence-corrected chi connectivity index (χ3v) is 3.66. The van der Waals surface area contributed by atoms with Crippen molar-refractivity contribution in [1.82, 2.24) is 15.2 Å². The number of hydrogen-bond donors (Lipinski definition) is 1. The van der Waals surface area contributed by atoms with Gasteiger partial charge in [-0.25, -0.2) is 4.98 Å². The SMILES string of the molecule is CC1(C)C(=O)NCCN1C(=O)c1cc([N+](=O)[O-])cnc1Cl. The van der Waals surface area contributed by atoms with E-state index in [-0.39, 0.29) is 28.9 Å². The van der Waals surface area contributed by atoms with Gasteiger partial charge in [0.1, 0.15) is 16.9 Å². The van der Waals surface area contributed by atoms with Crippen LogP contribution in [0, 0.1) is 10.1 Å². The molecule has 0 aromatic carbocycles. The van der Waals surface area contributed by atoms with Crippen LogP contribution >= 0.6 is 11.6 Å². The summed E-state index contributed by atoms with van der Waals surface area (Å²) in [6, 6.07) is 1.07. The molecule has 0 atom stereocenters. The first-order valence-corrected chi connectivity index (χ1v) is 6.53. The number of hydrogen-bond acceptors (Lipinski definition) is 5. The van der Waals surface area contributed by atoms with Crippen molar-refractivity contribution in [2.75, 3.05) is 13.1 Å². The molecule has 1 aliphatic rings. The first kappa shape index (κ1) is 15.2. The smallest absolute Gasteiger partial charge is 0.288 e. The number of nitrogens with zero attached hydrogens (tertiary/aromatic N) is 3. The van der Waals surface area contributed by atoms with Gasteiger partial charge in [-0.3, -0.25) is 19.7 Å². The Morgan fingerprint density at radius 3 is 2.86 bits per heavy atom. The van der Waals surface area contributed by atoms with Gasteiger partial charge in [0.25, 0.3) is 11.6 Å². The second-order valence-corrected chi connectivity index (χ2v) is 5.42. The number of pyridine rings is 1. The number of halogens is 1. The van der Waals surface area contributed by atoms with E-state index in [9.17, 15) is 19.7 Å². The monoisotopic (exact) mass is 312 g/mol. The summed E-state index contributed by atoms with van der Waals surface area (Å²) in [5.74, 6) is -0.854. The molecule has 112 valence electrons. The van der Waals surface area contributed by atoms with E-state index >= 15 is 0 Å². The van der Waals surface area contributed by atoms with E-state index in [1.165, 1.54) is 4.90 Å². The molecule has 0 bridgehead atoms. The van der Waals surface area contributed by atoms with Crippen molar-refractivity contribution in [3.8, 4) is 0 Å². The van der Waals surface area contributed by atoms with Gasteiger partial charge in [-0.05, 0) is 13.8 Å². The highest BCUT2D eigenvalue weighted by molar-refractivity contribution is 6.32. The van der Waals surface area contributed by atoms with Gasteiger partial charge in [0, 0.05) is 19.2 Å². The first-order valence-electron chi connectivity index (χ1n) is 6.15. The highest BCUT2D eigenvalue weighted by Gasteiger charge is 2.41. The predicted octanol–water partition coefficient (Wildman–Crippen LogP) is 0.994. The molecule has 8 nitrogen and oxygen atoms in total. The third-order valence-electron chi connectivity index (χ3n) is 3.36. The van der Waals surface area contributed by atoms with Crippen LogP contribution in [0.15, 0.2) is 12.3 Å². The zero-order chi connectivity index (χ0) is 15.8. The molecule has 1 fully saturated rings. The standard InChI is InChI=1S/C12H13ClN4O4/c1-12(2)11(19)14-3-4-16(12)10(18)8-5-7(17(20)21)6-15-9(8)13/h5-6H,3-4H2,1-2H3,(H,14,19). The Balaban J connectivity index is 2.42. The summed E-state index contributed by atoms with van der Waals surface area (Å²) in [5.41, 5.74) is -1.49. The molecule has 1 aliphatic heterocycles. The number of carbonyl (C=O) groups is 2. The molecule has 2 heterocycles. The highest BCUT2D eigenvalue weighted by Crippen LogP contribution is 2.25. The lowest BCUT2D eigenvalue weighted by Crippen LogP contribution is -2.63. The maximum Gasteiger partial charge on any atom is 0.288 e. The maximum atomic E-state index is 12.6. The van der Waals surface area contributed by atoms with Gasteiger partial charge in [-0.1, -0.05) is 11.6 Å². The fraction of sp³-hybridized carbons (Fsp3) is 0.417. The molecule has 1 aromatic heterocycles. The van der Waals surface area contributed by atoms with Crippen LogP contribution in [0.5, 0.6) is 0 Å². The van der Waals surface area contributed by atoms with Gasteiger partial charge in [0.05, 0.1) is 10.5 Å². The molecule has 1 saturated heterocycles. The minimum Gasteiger partial charge on any atom is -0.352 e. The zero-order valence-electron chi connectivity index (χ0n) is 11.4. The van der Waals surface area contributed by atoms with Crippen LogP contribution in [0.2, 0.25) is 5.15 Å². The molecule has 1 N–H and O–H groups in total. The van der Waals surface area contributed by atoms with Crippen LogP contribution < -0.4 is 5.32 Å². The minimum atomic E-state index is -1.07. The van der Waals surface area contributed by atoms with E-state index in [1.807, 2.05) is 0 Å². The molecule has 21 heavy (non-hydrogen) atoms. The lowest BCUT2D eigenvalue weighted by Gasteiger charge is -2.41. The van der Waals surface area contributed by atoms with Crippen LogP contribution in [-0.4, -0.2) is 45.2 Å². The summed E-state index contributed by atoms with van der Waals surface area (Å²) in [7, 11) is 0. The van der Waals surface area contributed by atoms with Gasteiger partial charge in [-0.2, -0.15) is 0 Å². The van der Waals surface area contributed by atoms with Crippen LogP contribution in [0.25, 0.3) is 0 Å². The molecule has 1 aromatic rings. The Morgan fingerprint density at radius 1 is 1.57 bits per heavy atom. The summed E-state index contributed by atoms with van der Waals surface area (Å²) in [4.78, 5) is 39.5. The average molecular weight is 313 g/mol. The van der Waals surface area contributed by atoms with E-state index in [0.29, 0.717) is 6.54 Å². The Kier molecular flexibility index (Phi) is 3.82. The van der Waals surface area contributed by atoms with Crippen molar-refractivity contribution in [2.24, 2.45) is 0 Å². The van der Waals surface area contributed by atoms with E-state index < -0.39 is 16.4 Å². The van der Waals surface area contributed by atoms with Crippen molar-refractivity contribution < 1.29 is 14.5 Å². The molecule has 2 rings (SSSR count). The van der Waals surface area contributed by atoms with E-state index in [4.69, 9.17) is 11.6 Å². The maximum absolute atomic E-state index is 12.6. The van der Waals surface area contributed by atoms with Crippen molar-refractivity contribution in [3.05, 3.63) is 33.1 Å². The molecule has 0 spiro atoms. The van der Waals surface area contributed by atoms with E-state index in [2.05, 4.69) is 10.3 Å². The van der Waals surface area contributed by atoms with Crippen LogP contribution in [0.1, 0.15) is 24.2 Å². The zero-order valence-corrected chi connectivity index (χ0v) is 12.2. The quantitative estimate of drug-likeness (QED) is 0.498. The van der Waals surface area contributed by atoms with Gasteiger partial charge in [0.2, 0.25) is 5.91 Å². The predicted molar refractivity (Wildman–Crippen MR) is 74.0 cm³/mol. The number of piperazine rings is 1. The number of rotatable bonds is 2.